The number of carbonyl (C=O) groups is 3. The second-order valence-electron chi connectivity index (χ2n) is 11.4. The molecule has 4 heterocycles. The van der Waals surface area contributed by atoms with Crippen molar-refractivity contribution in [1.29, 1.82) is 0 Å². The highest BCUT2D eigenvalue weighted by atomic mass is 32.2. The summed E-state index contributed by atoms with van der Waals surface area (Å²) in [5.41, 5.74) is 1.54. The summed E-state index contributed by atoms with van der Waals surface area (Å²) in [7, 11) is 0. The van der Waals surface area contributed by atoms with Crippen LogP contribution >= 0.6 is 11.8 Å². The molecular formula is C30H39N5O5S. The van der Waals surface area contributed by atoms with Crippen molar-refractivity contribution in [3.63, 3.8) is 0 Å². The molecule has 5 rings (SSSR count). The van der Waals surface area contributed by atoms with Gasteiger partial charge in [-0.3, -0.25) is 14.4 Å². The zero-order chi connectivity index (χ0) is 29.2. The second kappa shape index (κ2) is 12.0. The molecule has 3 aliphatic heterocycles. The molecule has 1 aromatic heterocycles. The molecule has 1 N–H and O–H groups in total. The van der Waals surface area contributed by atoms with Crippen LogP contribution in [0.4, 0.5) is 0 Å². The molecule has 2 amide bonds. The molecule has 2 bridgehead atoms. The molecule has 10 nitrogen and oxygen atoms in total. The molecule has 3 fully saturated rings. The van der Waals surface area contributed by atoms with Crippen molar-refractivity contribution in [3.05, 3.63) is 49.6 Å². The summed E-state index contributed by atoms with van der Waals surface area (Å²) in [6, 6.07) is 6.85. The Labute approximate surface area is 244 Å². The van der Waals surface area contributed by atoms with Crippen LogP contribution in [0.5, 0.6) is 0 Å². The number of aromatic nitrogens is 3. The third-order valence-corrected chi connectivity index (χ3v) is 10.8. The molecule has 3 saturated heterocycles. The first-order valence-electron chi connectivity index (χ1n) is 14.4. The highest BCUT2D eigenvalue weighted by Crippen LogP contribution is 2.71. The summed E-state index contributed by atoms with van der Waals surface area (Å²) in [5, 5.41) is 17.7. The first kappa shape index (κ1) is 29.3. The van der Waals surface area contributed by atoms with E-state index in [0.717, 1.165) is 30.3 Å². The molecule has 0 saturated carbocycles. The largest absolute Gasteiger partial charge is 0.461 e. The summed E-state index contributed by atoms with van der Waals surface area (Å²) in [4.78, 5) is 45.6. The van der Waals surface area contributed by atoms with Crippen LogP contribution < -0.4 is 0 Å². The van der Waals surface area contributed by atoms with Crippen LogP contribution in [0.2, 0.25) is 0 Å². The number of ether oxygens (including phenoxy) is 1. The van der Waals surface area contributed by atoms with Gasteiger partial charge in [0.1, 0.15) is 24.8 Å². The van der Waals surface area contributed by atoms with Crippen molar-refractivity contribution in [3.8, 4) is 0 Å². The van der Waals surface area contributed by atoms with Crippen LogP contribution in [0.25, 0.3) is 11.0 Å². The lowest BCUT2D eigenvalue weighted by atomic mass is 9.66. The quantitative estimate of drug-likeness (QED) is 0.205. The van der Waals surface area contributed by atoms with E-state index in [2.05, 4.69) is 23.5 Å². The Hall–Kier alpha value is -3.18. The Morgan fingerprint density at radius 1 is 1.20 bits per heavy atom. The van der Waals surface area contributed by atoms with Gasteiger partial charge in [-0.25, -0.2) is 4.68 Å². The Kier molecular flexibility index (Phi) is 8.56. The smallest absolute Gasteiger partial charge is 0.311 e. The molecule has 3 aliphatic rings. The fourth-order valence-electron chi connectivity index (χ4n) is 7.01. The first-order valence-corrected chi connectivity index (χ1v) is 15.2. The van der Waals surface area contributed by atoms with E-state index in [4.69, 9.17) is 4.74 Å². The summed E-state index contributed by atoms with van der Waals surface area (Å²) >= 11 is 1.63. The van der Waals surface area contributed by atoms with Crippen molar-refractivity contribution in [2.24, 2.45) is 11.8 Å². The van der Waals surface area contributed by atoms with Gasteiger partial charge in [0.2, 0.25) is 11.8 Å². The third kappa shape index (κ3) is 5.07. The Morgan fingerprint density at radius 3 is 2.73 bits per heavy atom. The summed E-state index contributed by atoms with van der Waals surface area (Å²) in [6.45, 7) is 10.6. The topological polar surface area (TPSA) is 118 Å². The summed E-state index contributed by atoms with van der Waals surface area (Å²) in [5.74, 6) is -1.98. The van der Waals surface area contributed by atoms with Crippen molar-refractivity contribution in [2.75, 3.05) is 26.3 Å². The number of fused-ring (bicyclic) bond motifs is 2. The number of aliphatic hydroxyl groups excluding tert-OH is 1. The predicted molar refractivity (Wildman–Crippen MR) is 157 cm³/mol. The maximum atomic E-state index is 14.6. The van der Waals surface area contributed by atoms with E-state index >= 15 is 0 Å². The minimum atomic E-state index is -0.726. The Bertz CT molecular complexity index is 1330. The molecular weight excluding hydrogens is 542 g/mol. The highest BCUT2D eigenvalue weighted by molar-refractivity contribution is 8.02. The SMILES string of the molecule is C=CCOC(=O)[C@H]1[C@H]2C(=O)N(CCCCCCO)C(C(=O)N(CC=C)Cn3nnc4ccccc43)C23CC[C@]1(C)S3. The monoisotopic (exact) mass is 581 g/mol. The van der Waals surface area contributed by atoms with Crippen molar-refractivity contribution in [1.82, 2.24) is 24.8 Å². The van der Waals surface area contributed by atoms with Gasteiger partial charge in [0.25, 0.3) is 0 Å². The number of likely N-dealkylation sites (tertiary alicyclic amines) is 1. The fourth-order valence-corrected chi connectivity index (χ4v) is 9.35. The van der Waals surface area contributed by atoms with E-state index in [1.165, 1.54) is 6.08 Å². The van der Waals surface area contributed by atoms with Crippen molar-refractivity contribution < 1.29 is 24.2 Å². The average molecular weight is 582 g/mol. The number of esters is 1. The number of nitrogens with zero attached hydrogens (tertiary/aromatic N) is 5. The fraction of sp³-hybridized carbons (Fsp3) is 0.567. The molecule has 1 spiro atoms. The highest BCUT2D eigenvalue weighted by Gasteiger charge is 2.77. The molecule has 2 unspecified atom stereocenters. The van der Waals surface area contributed by atoms with Gasteiger partial charge in [0, 0.05) is 24.4 Å². The number of hydrogen-bond donors (Lipinski definition) is 1. The van der Waals surface area contributed by atoms with Crippen LogP contribution in [-0.4, -0.2) is 89.5 Å². The number of unbranched alkanes of at least 4 members (excludes halogenated alkanes) is 3. The van der Waals surface area contributed by atoms with Gasteiger partial charge in [0.15, 0.2) is 0 Å². The number of aliphatic hydroxyl groups is 1. The average Bonchev–Trinajstić information content (AvgIpc) is 3.67. The molecule has 0 aliphatic carbocycles. The van der Waals surface area contributed by atoms with Gasteiger partial charge in [-0.1, -0.05) is 48.9 Å². The number of amides is 2. The first-order chi connectivity index (χ1) is 19.8. The van der Waals surface area contributed by atoms with E-state index in [9.17, 15) is 19.5 Å². The minimum absolute atomic E-state index is 0.0832. The normalized spacial score (nSPS) is 28.2. The molecule has 5 atom stereocenters. The van der Waals surface area contributed by atoms with Gasteiger partial charge in [-0.2, -0.15) is 0 Å². The molecule has 0 radical (unpaired) electrons. The maximum Gasteiger partial charge on any atom is 0.311 e. The number of carbonyl (C=O) groups excluding carboxylic acids is 3. The second-order valence-corrected chi connectivity index (χ2v) is 13.3. The predicted octanol–water partition coefficient (Wildman–Crippen LogP) is 3.17. The summed E-state index contributed by atoms with van der Waals surface area (Å²) in [6.07, 6.45) is 7.68. The van der Waals surface area contributed by atoms with Crippen molar-refractivity contribution >= 4 is 40.6 Å². The van der Waals surface area contributed by atoms with Crippen LogP contribution in [0.3, 0.4) is 0 Å². The van der Waals surface area contributed by atoms with Gasteiger partial charge in [-0.05, 0) is 44.7 Å². The lowest BCUT2D eigenvalue weighted by Crippen LogP contribution is -2.55. The van der Waals surface area contributed by atoms with E-state index < -0.39 is 33.3 Å². The van der Waals surface area contributed by atoms with Crippen LogP contribution in [0.1, 0.15) is 45.4 Å². The van der Waals surface area contributed by atoms with E-state index in [-0.39, 0.29) is 38.2 Å². The zero-order valence-electron chi connectivity index (χ0n) is 23.6. The number of para-hydroxylation sites is 1. The molecule has 2 aromatic rings. The third-order valence-electron chi connectivity index (χ3n) is 8.80. The number of thioether (sulfide) groups is 1. The maximum absolute atomic E-state index is 14.6. The molecule has 41 heavy (non-hydrogen) atoms. The number of benzene rings is 1. The Balaban J connectivity index is 1.49. The van der Waals surface area contributed by atoms with E-state index in [1.807, 2.05) is 31.2 Å². The van der Waals surface area contributed by atoms with Gasteiger partial charge in [-0.15, -0.1) is 23.4 Å². The summed E-state index contributed by atoms with van der Waals surface area (Å²) < 4.78 is 5.98. The van der Waals surface area contributed by atoms with Gasteiger partial charge in [0.05, 0.1) is 22.1 Å². The molecule has 1 aromatic carbocycles. The number of rotatable bonds is 14. The van der Waals surface area contributed by atoms with Crippen LogP contribution in [0.15, 0.2) is 49.6 Å². The lowest BCUT2D eigenvalue weighted by molar-refractivity contribution is -0.154. The number of hydrogen-bond acceptors (Lipinski definition) is 8. The van der Waals surface area contributed by atoms with E-state index in [1.54, 1.807) is 32.3 Å². The van der Waals surface area contributed by atoms with Crippen molar-refractivity contribution in [2.45, 2.75) is 67.7 Å². The zero-order valence-corrected chi connectivity index (χ0v) is 24.4. The lowest BCUT2D eigenvalue weighted by Gasteiger charge is -2.37. The van der Waals surface area contributed by atoms with Crippen LogP contribution in [-0.2, 0) is 25.8 Å². The van der Waals surface area contributed by atoms with Crippen LogP contribution in [0, 0.1) is 11.8 Å². The van der Waals surface area contributed by atoms with Gasteiger partial charge < -0.3 is 19.6 Å². The molecule has 220 valence electrons. The molecule has 11 heteroatoms. The standard InChI is InChI=1S/C30H39N5O5S/c1-4-16-33(20-35-22-13-9-8-12-21(22)31-32-35)27(38)25-30-15-14-29(3,41-30)24(28(39)40-19-5-2)23(30)26(37)34(25)17-10-6-7-11-18-36/h4-5,8-9,12-13,23-25,36H,1-2,6-7,10-11,14-20H2,3H3/t23-,24+,25?,29-,30?/m0/s1. The minimum Gasteiger partial charge on any atom is -0.461 e. The van der Waals surface area contributed by atoms with Gasteiger partial charge >= 0.3 is 5.97 Å². The Morgan fingerprint density at radius 2 is 1.98 bits per heavy atom. The van der Waals surface area contributed by atoms with E-state index in [0.29, 0.717) is 25.8 Å².